The number of pyridine rings is 1. The number of nitrogens with zero attached hydrogens (tertiary/aromatic N) is 2. The van der Waals surface area contributed by atoms with Gasteiger partial charge in [-0.15, -0.1) is 0 Å². The van der Waals surface area contributed by atoms with Crippen molar-refractivity contribution in [3.05, 3.63) is 205 Å². The van der Waals surface area contributed by atoms with Crippen LogP contribution in [0.25, 0.3) is 122 Å². The summed E-state index contributed by atoms with van der Waals surface area (Å²) >= 11 is 0. The Morgan fingerprint density at radius 2 is 1.19 bits per heavy atom. The first-order valence-electron chi connectivity index (χ1n) is 21.5. The molecule has 0 N–H and O–H groups in total. The van der Waals surface area contributed by atoms with Crippen molar-refractivity contribution in [3.63, 3.8) is 0 Å². The molecular weight excluding hydrogens is 749 g/mol. The third kappa shape index (κ3) is 4.53. The predicted molar refractivity (Wildman–Crippen MR) is 271 cm³/mol. The summed E-state index contributed by atoms with van der Waals surface area (Å²) in [5.74, 6) is 0. The summed E-state index contributed by atoms with van der Waals surface area (Å²) in [7, 11) is 0. The standard InChI is InChI=1S/C60H44N2/c1-8-19-51-40(11-4)57-52(60(51,6)7)30-31-54-58(57)48-24-16-17-27-53(48)62(54)37-33-49(56-45-23-15-14-21-42(45)41-20-12-13-22-43(41)50(56)34-37)36-28-29-44-47-26-18-25-46-39(10-3)38(9-2)35(5)61(59(46)47)55(44)32-36/h8-34H,2-5H2,1,6-7H3/b19-8-. The maximum Gasteiger partial charge on any atom is 0.0619 e. The van der Waals surface area contributed by atoms with Crippen LogP contribution in [0, 0.1) is 0 Å². The third-order valence-corrected chi connectivity index (χ3v) is 14.0. The van der Waals surface area contributed by atoms with Crippen LogP contribution in [0.4, 0.5) is 0 Å². The van der Waals surface area contributed by atoms with Gasteiger partial charge >= 0.3 is 0 Å². The Morgan fingerprint density at radius 1 is 0.532 bits per heavy atom. The number of rotatable bonds is 6. The molecule has 0 spiro atoms. The smallest absolute Gasteiger partial charge is 0.0619 e. The van der Waals surface area contributed by atoms with Crippen molar-refractivity contribution in [1.82, 2.24) is 8.97 Å². The highest BCUT2D eigenvalue weighted by atomic mass is 15.0. The Morgan fingerprint density at radius 3 is 1.92 bits per heavy atom. The van der Waals surface area contributed by atoms with Gasteiger partial charge in [-0.3, -0.25) is 0 Å². The molecular formula is C60H44N2. The number of allylic oxidation sites excluding steroid dienone is 5. The summed E-state index contributed by atoms with van der Waals surface area (Å²) in [5.41, 5.74) is 15.1. The number of hydrogen-bond acceptors (Lipinski definition) is 0. The van der Waals surface area contributed by atoms with Crippen LogP contribution >= 0.6 is 0 Å². The first-order chi connectivity index (χ1) is 30.3. The van der Waals surface area contributed by atoms with E-state index in [2.05, 4.69) is 208 Å². The Hall–Kier alpha value is -7.68. The molecule has 294 valence electrons. The molecule has 0 saturated carbocycles. The largest absolute Gasteiger partial charge is 0.309 e. The van der Waals surface area contributed by atoms with E-state index < -0.39 is 0 Å². The Kier molecular flexibility index (Phi) is 7.54. The fourth-order valence-corrected chi connectivity index (χ4v) is 11.4. The Labute approximate surface area is 360 Å². The van der Waals surface area contributed by atoms with Gasteiger partial charge in [-0.05, 0) is 109 Å². The highest BCUT2D eigenvalue weighted by Crippen LogP contribution is 2.52. The zero-order valence-electron chi connectivity index (χ0n) is 35.3. The molecule has 0 atom stereocenters. The van der Waals surface area contributed by atoms with Crippen molar-refractivity contribution in [2.24, 2.45) is 0 Å². The van der Waals surface area contributed by atoms with Gasteiger partial charge in [0.15, 0.2) is 0 Å². The van der Waals surface area contributed by atoms with Gasteiger partial charge in [0.25, 0.3) is 0 Å². The van der Waals surface area contributed by atoms with E-state index in [0.29, 0.717) is 0 Å². The number of aromatic nitrogens is 2. The quantitative estimate of drug-likeness (QED) is 0.148. The lowest BCUT2D eigenvalue weighted by molar-refractivity contribution is 0.655. The van der Waals surface area contributed by atoms with E-state index in [1.165, 1.54) is 92.7 Å². The molecule has 0 fully saturated rings. The monoisotopic (exact) mass is 792 g/mol. The molecule has 62 heavy (non-hydrogen) atoms. The SMILES string of the molecule is C=CC1=C(/C=C\C)C(C)(C)c2ccc3c(c21)c1ccccc1n3-c1cc(-c2ccc3c4cccc5c(C=C)c(C=C)c(=C)n(c3c2)c54)c2c3ccccc3c3ccccc3c2c1. The number of para-hydroxylation sites is 2. The van der Waals surface area contributed by atoms with Gasteiger partial charge in [-0.1, -0.05) is 174 Å². The lowest BCUT2D eigenvalue weighted by Gasteiger charge is -2.23. The normalized spacial score (nSPS) is 14.0. The number of fused-ring (bicyclic) bond motifs is 14. The van der Waals surface area contributed by atoms with Crippen molar-refractivity contribution in [2.75, 3.05) is 0 Å². The van der Waals surface area contributed by atoms with Crippen LogP contribution in [0.15, 0.2) is 177 Å². The molecule has 0 unspecified atom stereocenters. The molecule has 2 heteroatoms. The second-order valence-corrected chi connectivity index (χ2v) is 17.3. The summed E-state index contributed by atoms with van der Waals surface area (Å²) in [6.07, 6.45) is 10.4. The van der Waals surface area contributed by atoms with Crippen LogP contribution in [0.5, 0.6) is 0 Å². The minimum absolute atomic E-state index is 0.165. The summed E-state index contributed by atoms with van der Waals surface area (Å²) in [6, 6.07) is 49.9. The van der Waals surface area contributed by atoms with Crippen LogP contribution in [-0.4, -0.2) is 8.97 Å². The zero-order valence-corrected chi connectivity index (χ0v) is 35.3. The molecule has 2 nitrogen and oxygen atoms in total. The first kappa shape index (κ1) is 36.2. The highest BCUT2D eigenvalue weighted by Gasteiger charge is 2.37. The molecule has 3 aromatic heterocycles. The summed E-state index contributed by atoms with van der Waals surface area (Å²) in [4.78, 5) is 0. The topological polar surface area (TPSA) is 9.34 Å². The third-order valence-electron chi connectivity index (χ3n) is 14.0. The molecule has 0 bridgehead atoms. The molecule has 8 aromatic carbocycles. The number of hydrogen-bond donors (Lipinski definition) is 0. The van der Waals surface area contributed by atoms with Crippen LogP contribution in [0.1, 0.15) is 43.0 Å². The molecule has 11 aromatic rings. The minimum Gasteiger partial charge on any atom is -0.309 e. The average molecular weight is 793 g/mol. The molecule has 1 aliphatic rings. The van der Waals surface area contributed by atoms with E-state index >= 15 is 0 Å². The lowest BCUT2D eigenvalue weighted by Crippen LogP contribution is -2.16. The maximum atomic E-state index is 4.67. The van der Waals surface area contributed by atoms with Gasteiger partial charge in [-0.2, -0.15) is 0 Å². The first-order valence-corrected chi connectivity index (χ1v) is 21.5. The van der Waals surface area contributed by atoms with E-state index in [0.717, 1.165) is 44.1 Å². The van der Waals surface area contributed by atoms with E-state index in [9.17, 15) is 0 Å². The summed E-state index contributed by atoms with van der Waals surface area (Å²) in [6.45, 7) is 24.3. The van der Waals surface area contributed by atoms with Crippen LogP contribution in [-0.2, 0) is 5.41 Å². The van der Waals surface area contributed by atoms with Crippen molar-refractivity contribution in [1.29, 1.82) is 0 Å². The molecule has 0 radical (unpaired) electrons. The van der Waals surface area contributed by atoms with E-state index in [1.807, 2.05) is 12.2 Å². The van der Waals surface area contributed by atoms with E-state index in [4.69, 9.17) is 0 Å². The van der Waals surface area contributed by atoms with Crippen molar-refractivity contribution in [2.45, 2.75) is 26.2 Å². The molecule has 0 saturated heterocycles. The second kappa shape index (κ2) is 12.9. The van der Waals surface area contributed by atoms with Crippen molar-refractivity contribution < 1.29 is 0 Å². The van der Waals surface area contributed by atoms with E-state index in [-0.39, 0.29) is 5.41 Å². The van der Waals surface area contributed by atoms with Gasteiger partial charge < -0.3 is 8.97 Å². The Balaban J connectivity index is 1.25. The molecule has 12 rings (SSSR count). The van der Waals surface area contributed by atoms with E-state index in [1.54, 1.807) is 0 Å². The van der Waals surface area contributed by atoms with Crippen LogP contribution < -0.4 is 5.35 Å². The fraction of sp³-hybridized carbons (Fsp3) is 0.0667. The van der Waals surface area contributed by atoms with Crippen molar-refractivity contribution in [3.8, 4) is 16.8 Å². The predicted octanol–water partition coefficient (Wildman–Crippen LogP) is 15.7. The molecule has 1 aliphatic carbocycles. The van der Waals surface area contributed by atoms with Crippen molar-refractivity contribution >= 4 is 106 Å². The highest BCUT2D eigenvalue weighted by molar-refractivity contribution is 6.29. The van der Waals surface area contributed by atoms with Crippen LogP contribution in [0.3, 0.4) is 0 Å². The molecule has 0 aliphatic heterocycles. The van der Waals surface area contributed by atoms with Gasteiger partial charge in [0.05, 0.1) is 22.1 Å². The lowest BCUT2D eigenvalue weighted by atomic mass is 9.80. The van der Waals surface area contributed by atoms with Gasteiger partial charge in [0.2, 0.25) is 0 Å². The summed E-state index contributed by atoms with van der Waals surface area (Å²) < 4.78 is 4.84. The van der Waals surface area contributed by atoms with Gasteiger partial charge in [-0.25, -0.2) is 0 Å². The maximum absolute atomic E-state index is 4.67. The minimum atomic E-state index is -0.165. The van der Waals surface area contributed by atoms with Gasteiger partial charge in [0.1, 0.15) is 0 Å². The van der Waals surface area contributed by atoms with Gasteiger partial charge in [0, 0.05) is 48.9 Å². The Bertz CT molecular complexity index is 3970. The molecule has 3 heterocycles. The summed E-state index contributed by atoms with van der Waals surface area (Å²) in [5, 5.41) is 14.4. The number of benzene rings is 8. The zero-order chi connectivity index (χ0) is 42.2. The molecule has 0 amide bonds. The van der Waals surface area contributed by atoms with Crippen LogP contribution in [0.2, 0.25) is 0 Å². The second-order valence-electron chi connectivity index (χ2n) is 17.3. The average Bonchev–Trinajstić information content (AvgIpc) is 3.90. The fourth-order valence-electron chi connectivity index (χ4n) is 11.4.